The van der Waals surface area contributed by atoms with Gasteiger partial charge in [-0.15, -0.1) is 0 Å². The number of ether oxygens (including phenoxy) is 1. The molecule has 2 rings (SSSR count). The molecular formula is C13H22N2O4. The summed E-state index contributed by atoms with van der Waals surface area (Å²) in [4.78, 5) is 26.7. The van der Waals surface area contributed by atoms with E-state index in [1.54, 1.807) is 4.90 Å². The normalized spacial score (nSPS) is 31.6. The third-order valence-corrected chi connectivity index (χ3v) is 4.07. The lowest BCUT2D eigenvalue weighted by atomic mass is 10.0. The maximum atomic E-state index is 12.4. The van der Waals surface area contributed by atoms with Crippen molar-refractivity contribution >= 4 is 12.0 Å². The molecule has 6 heteroatoms. The van der Waals surface area contributed by atoms with Crippen LogP contribution in [0, 0.1) is 11.8 Å². The van der Waals surface area contributed by atoms with E-state index < -0.39 is 5.97 Å². The highest BCUT2D eigenvalue weighted by Crippen LogP contribution is 2.23. The number of carboxylic acids is 1. The number of morpholine rings is 1. The molecule has 19 heavy (non-hydrogen) atoms. The molecule has 108 valence electrons. The molecule has 1 N–H and O–H groups in total. The zero-order valence-corrected chi connectivity index (χ0v) is 11.5. The first-order valence-electron chi connectivity index (χ1n) is 6.84. The van der Waals surface area contributed by atoms with Gasteiger partial charge in [0.05, 0.1) is 19.1 Å². The third-order valence-electron chi connectivity index (χ3n) is 4.07. The summed E-state index contributed by atoms with van der Waals surface area (Å²) in [6.07, 6.45) is -0.427. The molecule has 0 aliphatic carbocycles. The second-order valence-corrected chi connectivity index (χ2v) is 5.68. The number of aliphatic carboxylic acids is 1. The first-order chi connectivity index (χ1) is 8.97. The van der Waals surface area contributed by atoms with Gasteiger partial charge in [0.25, 0.3) is 0 Å². The van der Waals surface area contributed by atoms with Crippen molar-refractivity contribution in [1.29, 1.82) is 0 Å². The molecule has 3 atom stereocenters. The number of carbonyl (C=O) groups excluding carboxylic acids is 1. The Balaban J connectivity index is 1.90. The molecular weight excluding hydrogens is 248 g/mol. The van der Waals surface area contributed by atoms with Crippen LogP contribution in [0.15, 0.2) is 0 Å². The van der Waals surface area contributed by atoms with Gasteiger partial charge in [-0.2, -0.15) is 0 Å². The number of amides is 2. The highest BCUT2D eigenvalue weighted by atomic mass is 16.5. The molecule has 2 aliphatic heterocycles. The van der Waals surface area contributed by atoms with Gasteiger partial charge in [0.15, 0.2) is 0 Å². The van der Waals surface area contributed by atoms with Gasteiger partial charge in [0.1, 0.15) is 0 Å². The number of carboxylic acid groups (broad SMARTS) is 1. The van der Waals surface area contributed by atoms with Gasteiger partial charge in [0.2, 0.25) is 0 Å². The first-order valence-corrected chi connectivity index (χ1v) is 6.84. The molecule has 0 spiro atoms. The second-order valence-electron chi connectivity index (χ2n) is 5.68. The van der Waals surface area contributed by atoms with Gasteiger partial charge in [-0.05, 0) is 11.8 Å². The summed E-state index contributed by atoms with van der Waals surface area (Å²) in [5, 5.41) is 8.78. The van der Waals surface area contributed by atoms with Crippen molar-refractivity contribution in [2.45, 2.75) is 26.4 Å². The Labute approximate surface area is 113 Å². The number of hydrogen-bond donors (Lipinski definition) is 1. The van der Waals surface area contributed by atoms with E-state index in [-0.39, 0.29) is 18.6 Å². The quantitative estimate of drug-likeness (QED) is 0.808. The van der Waals surface area contributed by atoms with Crippen LogP contribution in [-0.4, -0.2) is 65.8 Å². The van der Waals surface area contributed by atoms with Crippen molar-refractivity contribution in [2.75, 3.05) is 32.8 Å². The number of carbonyl (C=O) groups is 2. The predicted octanol–water partition coefficient (Wildman–Crippen LogP) is 0.870. The standard InChI is InChI=1S/C13H22N2O4/c1-9-6-15(7-10(9)2)13(18)14-3-4-19-11(8-14)5-12(16)17/h9-11H,3-8H2,1-2H3,(H,16,17). The van der Waals surface area contributed by atoms with E-state index in [2.05, 4.69) is 13.8 Å². The molecule has 2 saturated heterocycles. The Morgan fingerprint density at radius 1 is 1.16 bits per heavy atom. The molecule has 0 aromatic carbocycles. The number of urea groups is 1. The summed E-state index contributed by atoms with van der Waals surface area (Å²) in [5.74, 6) is 0.169. The van der Waals surface area contributed by atoms with E-state index in [1.165, 1.54) is 0 Å². The molecule has 0 radical (unpaired) electrons. The molecule has 3 unspecified atom stereocenters. The minimum Gasteiger partial charge on any atom is -0.481 e. The largest absolute Gasteiger partial charge is 0.481 e. The third kappa shape index (κ3) is 3.37. The second kappa shape index (κ2) is 5.77. The van der Waals surface area contributed by atoms with E-state index in [0.29, 0.717) is 31.5 Å². The van der Waals surface area contributed by atoms with Crippen molar-refractivity contribution < 1.29 is 19.4 Å². The van der Waals surface area contributed by atoms with Crippen molar-refractivity contribution in [1.82, 2.24) is 9.80 Å². The van der Waals surface area contributed by atoms with Gasteiger partial charge in [-0.25, -0.2) is 4.79 Å². The number of nitrogens with zero attached hydrogens (tertiary/aromatic N) is 2. The molecule has 0 aromatic heterocycles. The number of likely N-dealkylation sites (tertiary alicyclic amines) is 1. The minimum atomic E-state index is -0.886. The van der Waals surface area contributed by atoms with Crippen molar-refractivity contribution in [3.63, 3.8) is 0 Å². The monoisotopic (exact) mass is 270 g/mol. The van der Waals surface area contributed by atoms with E-state index in [1.807, 2.05) is 4.90 Å². The fourth-order valence-electron chi connectivity index (χ4n) is 2.70. The van der Waals surface area contributed by atoms with E-state index >= 15 is 0 Å². The zero-order valence-electron chi connectivity index (χ0n) is 11.5. The maximum Gasteiger partial charge on any atom is 0.320 e. The topological polar surface area (TPSA) is 70.1 Å². The fraction of sp³-hybridized carbons (Fsp3) is 0.846. The maximum absolute atomic E-state index is 12.4. The minimum absolute atomic E-state index is 0.0230. The summed E-state index contributed by atoms with van der Waals surface area (Å²) < 4.78 is 5.38. The smallest absolute Gasteiger partial charge is 0.320 e. The zero-order chi connectivity index (χ0) is 14.0. The van der Waals surface area contributed by atoms with Crippen LogP contribution in [-0.2, 0) is 9.53 Å². The molecule has 6 nitrogen and oxygen atoms in total. The lowest BCUT2D eigenvalue weighted by molar-refractivity contribution is -0.141. The molecule has 0 aromatic rings. The van der Waals surface area contributed by atoms with Gasteiger partial charge < -0.3 is 19.6 Å². The Morgan fingerprint density at radius 2 is 1.79 bits per heavy atom. The van der Waals surface area contributed by atoms with Crippen LogP contribution in [0.2, 0.25) is 0 Å². The predicted molar refractivity (Wildman–Crippen MR) is 68.9 cm³/mol. The highest BCUT2D eigenvalue weighted by Gasteiger charge is 2.34. The number of rotatable bonds is 2. The van der Waals surface area contributed by atoms with Crippen molar-refractivity contribution in [2.24, 2.45) is 11.8 Å². The molecule has 2 fully saturated rings. The summed E-state index contributed by atoms with van der Waals surface area (Å²) in [7, 11) is 0. The molecule has 2 heterocycles. The lowest BCUT2D eigenvalue weighted by Crippen LogP contribution is -2.51. The summed E-state index contributed by atoms with van der Waals surface area (Å²) in [6.45, 7) is 7.25. The lowest BCUT2D eigenvalue weighted by Gasteiger charge is -2.35. The van der Waals surface area contributed by atoms with Gasteiger partial charge in [-0.3, -0.25) is 4.79 Å². The van der Waals surface area contributed by atoms with Crippen LogP contribution >= 0.6 is 0 Å². The number of hydrogen-bond acceptors (Lipinski definition) is 3. The average molecular weight is 270 g/mol. The van der Waals surface area contributed by atoms with Gasteiger partial charge >= 0.3 is 12.0 Å². The van der Waals surface area contributed by atoms with Crippen LogP contribution in [0.1, 0.15) is 20.3 Å². The van der Waals surface area contributed by atoms with Crippen LogP contribution in [0.4, 0.5) is 4.79 Å². The molecule has 2 amide bonds. The Hall–Kier alpha value is -1.30. The summed E-state index contributed by atoms with van der Waals surface area (Å²) >= 11 is 0. The van der Waals surface area contributed by atoms with E-state index in [4.69, 9.17) is 9.84 Å². The van der Waals surface area contributed by atoms with Crippen molar-refractivity contribution in [3.05, 3.63) is 0 Å². The fourth-order valence-corrected chi connectivity index (χ4v) is 2.70. The first kappa shape index (κ1) is 14.1. The molecule has 2 aliphatic rings. The van der Waals surface area contributed by atoms with Crippen LogP contribution in [0.3, 0.4) is 0 Å². The Bertz CT molecular complexity index is 351. The average Bonchev–Trinajstić information content (AvgIpc) is 2.68. The van der Waals surface area contributed by atoms with Crippen LogP contribution < -0.4 is 0 Å². The van der Waals surface area contributed by atoms with Crippen molar-refractivity contribution in [3.8, 4) is 0 Å². The van der Waals surface area contributed by atoms with Gasteiger partial charge in [-0.1, -0.05) is 13.8 Å². The van der Waals surface area contributed by atoms with E-state index in [0.717, 1.165) is 13.1 Å². The summed E-state index contributed by atoms with van der Waals surface area (Å²) in [5.41, 5.74) is 0. The van der Waals surface area contributed by atoms with Crippen LogP contribution in [0.5, 0.6) is 0 Å². The Kier molecular flexibility index (Phi) is 4.29. The molecule has 0 saturated carbocycles. The Morgan fingerprint density at radius 3 is 2.37 bits per heavy atom. The highest BCUT2D eigenvalue weighted by molar-refractivity contribution is 5.75. The summed E-state index contributed by atoms with van der Waals surface area (Å²) in [6, 6.07) is 0.0230. The van der Waals surface area contributed by atoms with Crippen LogP contribution in [0.25, 0.3) is 0 Å². The van der Waals surface area contributed by atoms with Gasteiger partial charge in [0, 0.05) is 26.2 Å². The molecule has 0 bridgehead atoms. The SMILES string of the molecule is CC1CN(C(=O)N2CCOC(CC(=O)O)C2)CC1C. The van der Waals surface area contributed by atoms with E-state index in [9.17, 15) is 9.59 Å².